The van der Waals surface area contributed by atoms with Crippen molar-refractivity contribution in [2.75, 3.05) is 0 Å². The summed E-state index contributed by atoms with van der Waals surface area (Å²) in [4.78, 5) is 4.20. The van der Waals surface area contributed by atoms with Gasteiger partial charge in [0.2, 0.25) is 0 Å². The van der Waals surface area contributed by atoms with Crippen molar-refractivity contribution < 1.29 is 13.7 Å². The highest BCUT2D eigenvalue weighted by Gasteiger charge is 2.52. The van der Waals surface area contributed by atoms with Crippen LogP contribution in [0.4, 0.5) is 4.39 Å². The Kier molecular flexibility index (Phi) is 3.24. The van der Waals surface area contributed by atoms with Crippen LogP contribution in [-0.4, -0.2) is 23.3 Å². The second kappa shape index (κ2) is 4.32. The lowest BCUT2D eigenvalue weighted by Crippen LogP contribution is -2.41. The largest absolute Gasteiger partial charge is 0.496 e. The van der Waals surface area contributed by atoms with E-state index < -0.39 is 25.0 Å². The summed E-state index contributed by atoms with van der Waals surface area (Å²) in [6.07, 6.45) is 1.65. The molecule has 5 heteroatoms. The summed E-state index contributed by atoms with van der Waals surface area (Å²) in [6.45, 7) is 9.21. The van der Waals surface area contributed by atoms with E-state index in [1.165, 1.54) is 0 Å². The van der Waals surface area contributed by atoms with Crippen LogP contribution in [0.15, 0.2) is 12.3 Å². The van der Waals surface area contributed by atoms with Gasteiger partial charge in [0.15, 0.2) is 0 Å². The zero-order valence-electron chi connectivity index (χ0n) is 11.6. The molecule has 0 unspecified atom stereocenters. The highest BCUT2D eigenvalue weighted by Crippen LogP contribution is 2.36. The molecule has 0 aliphatic carbocycles. The molecule has 0 aromatic carbocycles. The van der Waals surface area contributed by atoms with Crippen molar-refractivity contribution >= 4 is 12.6 Å². The SMILES string of the molecule is Cc1cc(CF)c(B2OC(C)(C)C(C)(C)O2)cn1. The zero-order valence-corrected chi connectivity index (χ0v) is 11.6. The van der Waals surface area contributed by atoms with Gasteiger partial charge in [0.05, 0.1) is 11.2 Å². The number of pyridine rings is 1. The summed E-state index contributed by atoms with van der Waals surface area (Å²) >= 11 is 0. The first-order valence-electron chi connectivity index (χ1n) is 6.14. The third-order valence-corrected chi connectivity index (χ3v) is 3.81. The van der Waals surface area contributed by atoms with Crippen molar-refractivity contribution in [3.05, 3.63) is 23.5 Å². The number of alkyl halides is 1. The van der Waals surface area contributed by atoms with Crippen molar-refractivity contribution in [3.8, 4) is 0 Å². The Morgan fingerprint density at radius 3 is 2.28 bits per heavy atom. The number of hydrogen-bond donors (Lipinski definition) is 0. The van der Waals surface area contributed by atoms with E-state index in [1.807, 2.05) is 34.6 Å². The van der Waals surface area contributed by atoms with E-state index in [-0.39, 0.29) is 0 Å². The fourth-order valence-corrected chi connectivity index (χ4v) is 1.93. The molecule has 0 amide bonds. The smallest absolute Gasteiger partial charge is 0.399 e. The normalized spacial score (nSPS) is 21.3. The molecule has 2 heterocycles. The molecule has 18 heavy (non-hydrogen) atoms. The van der Waals surface area contributed by atoms with Gasteiger partial charge in [-0.2, -0.15) is 0 Å². The first-order valence-corrected chi connectivity index (χ1v) is 6.14. The Hall–Kier alpha value is -0.935. The van der Waals surface area contributed by atoms with Gasteiger partial charge < -0.3 is 9.31 Å². The van der Waals surface area contributed by atoms with Gasteiger partial charge in [-0.15, -0.1) is 0 Å². The summed E-state index contributed by atoms with van der Waals surface area (Å²) in [5.41, 5.74) is 1.22. The molecule has 1 saturated heterocycles. The number of aryl methyl sites for hydroxylation is 1. The average Bonchev–Trinajstić information content (AvgIpc) is 2.47. The average molecular weight is 251 g/mol. The van der Waals surface area contributed by atoms with Gasteiger partial charge in [-0.25, -0.2) is 4.39 Å². The number of nitrogens with zero attached hydrogens (tertiary/aromatic N) is 1. The molecule has 0 atom stereocenters. The lowest BCUT2D eigenvalue weighted by Gasteiger charge is -2.32. The van der Waals surface area contributed by atoms with Crippen LogP contribution in [0, 0.1) is 6.92 Å². The monoisotopic (exact) mass is 251 g/mol. The maximum absolute atomic E-state index is 13.1. The molecule has 1 aliphatic heterocycles. The lowest BCUT2D eigenvalue weighted by atomic mass is 9.77. The highest BCUT2D eigenvalue weighted by molar-refractivity contribution is 6.62. The van der Waals surface area contributed by atoms with E-state index in [2.05, 4.69) is 4.98 Å². The number of rotatable bonds is 2. The maximum Gasteiger partial charge on any atom is 0.496 e. The predicted octanol–water partition coefficient (Wildman–Crippen LogP) is 2.16. The Bertz CT molecular complexity index is 446. The standard InChI is InChI=1S/C13H19BFNO2/c1-9-6-10(7-15)11(8-16-9)14-17-12(2,3)13(4,5)18-14/h6,8H,7H2,1-5H3. The minimum Gasteiger partial charge on any atom is -0.399 e. The third kappa shape index (κ3) is 2.17. The molecule has 1 aromatic rings. The van der Waals surface area contributed by atoms with Gasteiger partial charge in [0.25, 0.3) is 0 Å². The molecule has 0 bridgehead atoms. The minimum atomic E-state index is -0.547. The van der Waals surface area contributed by atoms with Crippen LogP contribution in [-0.2, 0) is 16.0 Å². The van der Waals surface area contributed by atoms with Gasteiger partial charge in [-0.3, -0.25) is 4.98 Å². The molecule has 0 radical (unpaired) electrons. The Labute approximate surface area is 108 Å². The number of aromatic nitrogens is 1. The maximum atomic E-state index is 13.1. The van der Waals surface area contributed by atoms with Crippen LogP contribution in [0.2, 0.25) is 0 Å². The first-order chi connectivity index (χ1) is 8.27. The summed E-state index contributed by atoms with van der Waals surface area (Å²) in [5, 5.41) is 0. The molecule has 0 saturated carbocycles. The van der Waals surface area contributed by atoms with Gasteiger partial charge in [0.1, 0.15) is 6.67 Å². The molecule has 0 spiro atoms. The quantitative estimate of drug-likeness (QED) is 0.755. The Morgan fingerprint density at radius 2 is 1.78 bits per heavy atom. The zero-order chi connectivity index (χ0) is 13.6. The molecule has 1 fully saturated rings. The summed E-state index contributed by atoms with van der Waals surface area (Å²) in [7, 11) is -0.547. The third-order valence-electron chi connectivity index (χ3n) is 3.81. The van der Waals surface area contributed by atoms with Crippen LogP contribution in [0.25, 0.3) is 0 Å². The molecule has 2 rings (SSSR count). The molecular formula is C13H19BFNO2. The number of halogens is 1. The molecule has 1 aromatic heterocycles. The summed E-state index contributed by atoms with van der Waals surface area (Å²) < 4.78 is 24.9. The molecule has 3 nitrogen and oxygen atoms in total. The van der Waals surface area contributed by atoms with Gasteiger partial charge in [-0.1, -0.05) is 0 Å². The second-order valence-corrected chi connectivity index (χ2v) is 5.75. The lowest BCUT2D eigenvalue weighted by molar-refractivity contribution is 0.00578. The Morgan fingerprint density at radius 1 is 1.22 bits per heavy atom. The van der Waals surface area contributed by atoms with E-state index in [9.17, 15) is 4.39 Å². The van der Waals surface area contributed by atoms with Gasteiger partial charge >= 0.3 is 7.12 Å². The van der Waals surface area contributed by atoms with Gasteiger partial charge in [0, 0.05) is 17.4 Å². The molecule has 1 aliphatic rings. The van der Waals surface area contributed by atoms with Crippen LogP contribution in [0.1, 0.15) is 39.0 Å². The van der Waals surface area contributed by atoms with E-state index in [1.54, 1.807) is 12.3 Å². The molecule has 98 valence electrons. The van der Waals surface area contributed by atoms with Crippen LogP contribution >= 0.6 is 0 Å². The van der Waals surface area contributed by atoms with Crippen LogP contribution in [0.3, 0.4) is 0 Å². The number of hydrogen-bond acceptors (Lipinski definition) is 3. The fraction of sp³-hybridized carbons (Fsp3) is 0.615. The Balaban J connectivity index is 2.35. The van der Waals surface area contributed by atoms with Crippen molar-refractivity contribution in [2.45, 2.75) is 52.5 Å². The van der Waals surface area contributed by atoms with E-state index in [4.69, 9.17) is 9.31 Å². The second-order valence-electron chi connectivity index (χ2n) is 5.75. The van der Waals surface area contributed by atoms with E-state index >= 15 is 0 Å². The first kappa shape index (κ1) is 13.5. The topological polar surface area (TPSA) is 31.4 Å². The fourth-order valence-electron chi connectivity index (χ4n) is 1.93. The van der Waals surface area contributed by atoms with Crippen LogP contribution in [0.5, 0.6) is 0 Å². The van der Waals surface area contributed by atoms with Crippen LogP contribution < -0.4 is 5.46 Å². The molecular weight excluding hydrogens is 232 g/mol. The highest BCUT2D eigenvalue weighted by atomic mass is 19.1. The van der Waals surface area contributed by atoms with Crippen molar-refractivity contribution in [1.29, 1.82) is 0 Å². The summed E-state index contributed by atoms with van der Waals surface area (Å²) in [5.74, 6) is 0. The van der Waals surface area contributed by atoms with E-state index in [0.29, 0.717) is 11.0 Å². The van der Waals surface area contributed by atoms with Gasteiger partial charge in [-0.05, 0) is 46.2 Å². The van der Waals surface area contributed by atoms with E-state index in [0.717, 1.165) is 5.69 Å². The predicted molar refractivity (Wildman–Crippen MR) is 69.5 cm³/mol. The van der Waals surface area contributed by atoms with Crippen molar-refractivity contribution in [3.63, 3.8) is 0 Å². The molecule has 0 N–H and O–H groups in total. The minimum absolute atomic E-state index is 0.421. The van der Waals surface area contributed by atoms with Crippen molar-refractivity contribution in [1.82, 2.24) is 4.98 Å². The summed E-state index contributed by atoms with van der Waals surface area (Å²) in [6, 6.07) is 1.74. The van der Waals surface area contributed by atoms with Crippen molar-refractivity contribution in [2.24, 2.45) is 0 Å².